The van der Waals surface area contributed by atoms with Gasteiger partial charge in [0.1, 0.15) is 17.7 Å². The minimum atomic E-state index is 0.0223. The molecule has 3 aromatic carbocycles. The van der Waals surface area contributed by atoms with Crippen LogP contribution >= 0.6 is 11.8 Å². The van der Waals surface area contributed by atoms with Gasteiger partial charge in [-0.25, -0.2) is 0 Å². The molecule has 1 saturated heterocycles. The third kappa shape index (κ3) is 4.23. The van der Waals surface area contributed by atoms with E-state index in [1.165, 1.54) is 0 Å². The maximum Gasteiger partial charge on any atom is 0.255 e. The van der Waals surface area contributed by atoms with Gasteiger partial charge >= 0.3 is 0 Å². The summed E-state index contributed by atoms with van der Waals surface area (Å²) >= 11 is 1.80. The number of nitrogens with zero attached hydrogens (tertiary/aromatic N) is 1. The minimum Gasteiger partial charge on any atom is -0.489 e. The van der Waals surface area contributed by atoms with Crippen LogP contribution in [0.2, 0.25) is 0 Å². The van der Waals surface area contributed by atoms with Gasteiger partial charge in [-0.2, -0.15) is 0 Å². The first-order valence-electron chi connectivity index (χ1n) is 9.46. The van der Waals surface area contributed by atoms with E-state index in [0.29, 0.717) is 6.61 Å². The second-order valence-electron chi connectivity index (χ2n) is 6.93. The average molecular weight is 390 g/mol. The summed E-state index contributed by atoms with van der Waals surface area (Å²) in [5.41, 5.74) is 4.15. The molecule has 0 N–H and O–H groups in total. The van der Waals surface area contributed by atoms with Gasteiger partial charge < -0.3 is 9.64 Å². The monoisotopic (exact) mass is 389 g/mol. The van der Waals surface area contributed by atoms with Crippen molar-refractivity contribution in [2.45, 2.75) is 18.9 Å². The lowest BCUT2D eigenvalue weighted by Crippen LogP contribution is -2.30. The van der Waals surface area contributed by atoms with Crippen LogP contribution < -0.4 is 4.74 Å². The molecule has 1 unspecified atom stereocenters. The summed E-state index contributed by atoms with van der Waals surface area (Å²) in [7, 11) is 0. The second-order valence-corrected chi connectivity index (χ2v) is 8.12. The number of carbonyl (C=O) groups excluding carboxylic acids is 1. The van der Waals surface area contributed by atoms with Gasteiger partial charge in [-0.3, -0.25) is 4.79 Å². The second kappa shape index (κ2) is 8.53. The number of rotatable bonds is 5. The molecule has 1 fully saturated rings. The van der Waals surface area contributed by atoms with E-state index in [2.05, 4.69) is 24.3 Å². The lowest BCUT2D eigenvalue weighted by molar-refractivity contribution is 0.0760. The van der Waals surface area contributed by atoms with E-state index in [4.69, 9.17) is 4.74 Å². The van der Waals surface area contributed by atoms with Crippen LogP contribution in [0.5, 0.6) is 5.75 Å². The number of benzene rings is 3. The number of thioether (sulfide) groups is 1. The van der Waals surface area contributed by atoms with E-state index in [1.807, 2.05) is 66.4 Å². The van der Waals surface area contributed by atoms with Crippen molar-refractivity contribution in [1.29, 1.82) is 0 Å². The third-order valence-corrected chi connectivity index (χ3v) is 6.10. The summed E-state index contributed by atoms with van der Waals surface area (Å²) < 4.78 is 5.97. The van der Waals surface area contributed by atoms with Crippen molar-refractivity contribution < 1.29 is 9.53 Å². The molecule has 3 nitrogen and oxygen atoms in total. The van der Waals surface area contributed by atoms with Crippen LogP contribution in [-0.2, 0) is 6.61 Å². The molecule has 4 rings (SSSR count). The van der Waals surface area contributed by atoms with E-state index in [1.54, 1.807) is 11.8 Å². The molecule has 0 spiro atoms. The summed E-state index contributed by atoms with van der Waals surface area (Å²) in [4.78, 5) is 15.0. The molecular weight excluding hydrogens is 366 g/mol. The normalized spacial score (nSPS) is 16.2. The largest absolute Gasteiger partial charge is 0.489 e. The van der Waals surface area contributed by atoms with Gasteiger partial charge in [0.2, 0.25) is 0 Å². The highest BCUT2D eigenvalue weighted by atomic mass is 32.2. The highest BCUT2D eigenvalue weighted by Gasteiger charge is 2.31. The molecule has 1 aliphatic rings. The fraction of sp³-hybridized carbons (Fsp3) is 0.208. The summed E-state index contributed by atoms with van der Waals surface area (Å²) in [5.74, 6) is 1.86. The molecule has 28 heavy (non-hydrogen) atoms. The fourth-order valence-electron chi connectivity index (χ4n) is 3.31. The van der Waals surface area contributed by atoms with Crippen molar-refractivity contribution in [2.75, 3.05) is 12.3 Å². The van der Waals surface area contributed by atoms with Crippen molar-refractivity contribution in [3.05, 3.63) is 101 Å². The van der Waals surface area contributed by atoms with Gasteiger partial charge in [0, 0.05) is 17.9 Å². The number of hydrogen-bond acceptors (Lipinski definition) is 3. The molecule has 0 saturated carbocycles. The molecular formula is C24H23NO2S. The lowest BCUT2D eigenvalue weighted by atomic mass is 10.1. The van der Waals surface area contributed by atoms with E-state index in [-0.39, 0.29) is 11.3 Å². The summed E-state index contributed by atoms with van der Waals surface area (Å²) in [6, 6.07) is 26.0. The molecule has 0 bridgehead atoms. The maximum atomic E-state index is 13.0. The molecule has 1 aliphatic heterocycles. The Morgan fingerprint density at radius 2 is 1.82 bits per heavy atom. The summed E-state index contributed by atoms with van der Waals surface area (Å²) in [6.07, 6.45) is 0. The first kappa shape index (κ1) is 18.6. The molecule has 142 valence electrons. The first-order chi connectivity index (χ1) is 13.7. The average Bonchev–Trinajstić information content (AvgIpc) is 3.23. The molecule has 0 radical (unpaired) electrons. The van der Waals surface area contributed by atoms with Crippen molar-refractivity contribution >= 4 is 17.7 Å². The number of ether oxygens (including phenoxy) is 1. The van der Waals surface area contributed by atoms with Gasteiger partial charge in [0.05, 0.1) is 0 Å². The lowest BCUT2D eigenvalue weighted by Gasteiger charge is -2.24. The Morgan fingerprint density at radius 3 is 2.61 bits per heavy atom. The smallest absolute Gasteiger partial charge is 0.255 e. The van der Waals surface area contributed by atoms with Gasteiger partial charge in [-0.05, 0) is 42.3 Å². The standard InChI is InChI=1S/C24H23NO2S/c1-18-10-12-20(13-11-18)23(26)25-14-15-28-24(25)21-8-5-9-22(16-21)27-17-19-6-3-2-4-7-19/h2-13,16,24H,14-15,17H2,1H3. The van der Waals surface area contributed by atoms with Gasteiger partial charge in [-0.15, -0.1) is 11.8 Å². The van der Waals surface area contributed by atoms with Gasteiger partial charge in [0.25, 0.3) is 5.91 Å². The highest BCUT2D eigenvalue weighted by Crippen LogP contribution is 2.39. The number of aryl methyl sites for hydroxylation is 1. The van der Waals surface area contributed by atoms with E-state index in [9.17, 15) is 4.79 Å². The van der Waals surface area contributed by atoms with Crippen molar-refractivity contribution in [1.82, 2.24) is 4.90 Å². The van der Waals surface area contributed by atoms with E-state index in [0.717, 1.165) is 40.3 Å². The quantitative estimate of drug-likeness (QED) is 0.580. The van der Waals surface area contributed by atoms with Crippen LogP contribution in [0.1, 0.15) is 32.4 Å². The molecule has 1 amide bonds. The molecule has 1 atom stereocenters. The van der Waals surface area contributed by atoms with Crippen LogP contribution in [0.3, 0.4) is 0 Å². The molecule has 3 aromatic rings. The predicted octanol–water partition coefficient (Wildman–Crippen LogP) is 5.46. The Morgan fingerprint density at radius 1 is 1.04 bits per heavy atom. The Kier molecular flexibility index (Phi) is 5.68. The van der Waals surface area contributed by atoms with Gasteiger partial charge in [-0.1, -0.05) is 60.2 Å². The van der Waals surface area contributed by atoms with Crippen LogP contribution in [0.4, 0.5) is 0 Å². The third-order valence-electron chi connectivity index (χ3n) is 4.84. The van der Waals surface area contributed by atoms with Crippen LogP contribution in [0.15, 0.2) is 78.9 Å². The zero-order valence-electron chi connectivity index (χ0n) is 15.9. The number of carbonyl (C=O) groups is 1. The van der Waals surface area contributed by atoms with Gasteiger partial charge in [0.15, 0.2) is 0 Å². The topological polar surface area (TPSA) is 29.5 Å². The summed E-state index contributed by atoms with van der Waals surface area (Å²) in [6.45, 7) is 3.33. The highest BCUT2D eigenvalue weighted by molar-refractivity contribution is 7.99. The first-order valence-corrected chi connectivity index (χ1v) is 10.5. The molecule has 0 aromatic heterocycles. The number of amides is 1. The van der Waals surface area contributed by atoms with Crippen LogP contribution in [0.25, 0.3) is 0 Å². The van der Waals surface area contributed by atoms with E-state index >= 15 is 0 Å². The Bertz CT molecular complexity index is 940. The van der Waals surface area contributed by atoms with Crippen molar-refractivity contribution in [3.63, 3.8) is 0 Å². The molecule has 0 aliphatic carbocycles. The maximum absolute atomic E-state index is 13.0. The van der Waals surface area contributed by atoms with Crippen LogP contribution in [-0.4, -0.2) is 23.1 Å². The zero-order valence-corrected chi connectivity index (χ0v) is 16.7. The Hall–Kier alpha value is -2.72. The SMILES string of the molecule is Cc1ccc(C(=O)N2CCSC2c2cccc(OCc3ccccc3)c2)cc1. The number of hydrogen-bond donors (Lipinski definition) is 0. The fourth-order valence-corrected chi connectivity index (χ4v) is 4.56. The zero-order chi connectivity index (χ0) is 19.3. The molecule has 4 heteroatoms. The Balaban J connectivity index is 1.49. The van der Waals surface area contributed by atoms with Crippen LogP contribution in [0, 0.1) is 6.92 Å². The van der Waals surface area contributed by atoms with Crippen molar-refractivity contribution in [2.24, 2.45) is 0 Å². The Labute approximate surface area is 170 Å². The van der Waals surface area contributed by atoms with Crippen molar-refractivity contribution in [3.8, 4) is 5.75 Å². The van der Waals surface area contributed by atoms with E-state index < -0.39 is 0 Å². The molecule has 1 heterocycles. The summed E-state index contributed by atoms with van der Waals surface area (Å²) in [5, 5.41) is 0.0223. The minimum absolute atomic E-state index is 0.0223. The predicted molar refractivity (Wildman–Crippen MR) is 115 cm³/mol.